The van der Waals surface area contributed by atoms with Crippen LogP contribution < -0.4 is 4.74 Å². The Hall–Kier alpha value is -3.21. The van der Waals surface area contributed by atoms with Crippen molar-refractivity contribution in [3.05, 3.63) is 42.9 Å². The van der Waals surface area contributed by atoms with E-state index in [-0.39, 0.29) is 29.7 Å². The van der Waals surface area contributed by atoms with Gasteiger partial charge >= 0.3 is 6.09 Å². The topological polar surface area (TPSA) is 101 Å². The summed E-state index contributed by atoms with van der Waals surface area (Å²) in [6.07, 6.45) is 4.71. The van der Waals surface area contributed by atoms with E-state index in [1.807, 2.05) is 57.3 Å². The van der Waals surface area contributed by atoms with Gasteiger partial charge < -0.3 is 23.6 Å². The van der Waals surface area contributed by atoms with Crippen LogP contribution in [0.4, 0.5) is 4.79 Å². The highest BCUT2D eigenvalue weighted by atomic mass is 28.4. The third kappa shape index (κ3) is 5.59. The molecular weight excluding hydrogens is 548 g/mol. The smallest absolute Gasteiger partial charge is 0.419 e. The van der Waals surface area contributed by atoms with Gasteiger partial charge in [-0.1, -0.05) is 20.8 Å². The molecule has 1 aromatic carbocycles. The number of aliphatic hydroxyl groups excluding tert-OH is 1. The largest absolute Gasteiger partial charge is 0.497 e. The highest BCUT2D eigenvalue weighted by Gasteiger charge is 2.44. The molecule has 0 saturated heterocycles. The van der Waals surface area contributed by atoms with Crippen molar-refractivity contribution in [1.82, 2.24) is 19.1 Å². The lowest BCUT2D eigenvalue weighted by Crippen LogP contribution is -2.45. The van der Waals surface area contributed by atoms with Crippen LogP contribution in [0.1, 0.15) is 60.4 Å². The molecule has 0 bridgehead atoms. The van der Waals surface area contributed by atoms with E-state index in [0.717, 1.165) is 29.3 Å². The zero-order chi connectivity index (χ0) is 30.6. The third-order valence-electron chi connectivity index (χ3n) is 8.82. The van der Waals surface area contributed by atoms with Crippen molar-refractivity contribution >= 4 is 36.3 Å². The van der Waals surface area contributed by atoms with Crippen LogP contribution in [0.2, 0.25) is 18.1 Å². The van der Waals surface area contributed by atoms with Gasteiger partial charge in [0.15, 0.2) is 8.32 Å². The second kappa shape index (κ2) is 10.8. The molecule has 10 heteroatoms. The van der Waals surface area contributed by atoms with Crippen LogP contribution in [0.5, 0.6) is 5.75 Å². The third-order valence-corrected chi connectivity index (χ3v) is 13.3. The standard InChI is InChI=1S/C32H44N4O5Si/c1-31(2,3)40-30(38)36-25-11-10-23(39-7)15-20(25)16-26(36)28-24-12-13-35(29(24)34-19-33-28)22-14-21(18-37)27(17-22)41-42(8,9)32(4,5)6/h10-13,15-16,19,21-22,27,37H,14,17-18H2,1-9H3/t21-,22+,27-/m0/s1. The molecule has 3 atom stereocenters. The second-order valence-corrected chi connectivity index (χ2v) is 18.7. The van der Waals surface area contributed by atoms with Crippen LogP contribution in [-0.4, -0.2) is 64.0 Å². The summed E-state index contributed by atoms with van der Waals surface area (Å²) >= 11 is 0. The minimum absolute atomic E-state index is 0.00988. The maximum atomic E-state index is 13.6. The van der Waals surface area contributed by atoms with Gasteiger partial charge in [-0.15, -0.1) is 0 Å². The van der Waals surface area contributed by atoms with E-state index in [2.05, 4.69) is 48.4 Å². The molecule has 0 radical (unpaired) electrons. The predicted octanol–water partition coefficient (Wildman–Crippen LogP) is 7.18. The van der Waals surface area contributed by atoms with Crippen molar-refractivity contribution in [3.63, 3.8) is 0 Å². The summed E-state index contributed by atoms with van der Waals surface area (Å²) in [4.78, 5) is 22.9. The van der Waals surface area contributed by atoms with Gasteiger partial charge in [0.1, 0.15) is 29.0 Å². The quantitative estimate of drug-likeness (QED) is 0.237. The molecule has 0 aliphatic heterocycles. The Morgan fingerprint density at radius 3 is 2.45 bits per heavy atom. The Bertz CT molecular complexity index is 1610. The monoisotopic (exact) mass is 592 g/mol. The molecule has 0 amide bonds. The van der Waals surface area contributed by atoms with E-state index >= 15 is 0 Å². The van der Waals surface area contributed by atoms with Gasteiger partial charge in [0.05, 0.1) is 24.4 Å². The number of nitrogens with zero attached hydrogens (tertiary/aromatic N) is 4. The molecular formula is C32H44N4O5Si. The Balaban J connectivity index is 1.56. The fourth-order valence-electron chi connectivity index (χ4n) is 5.65. The molecule has 1 saturated carbocycles. The normalized spacial score (nSPS) is 20.0. The number of carbonyl (C=O) groups is 1. The Morgan fingerprint density at radius 2 is 1.81 bits per heavy atom. The molecule has 4 aromatic rings. The lowest BCUT2D eigenvalue weighted by Gasteiger charge is -2.39. The zero-order valence-electron chi connectivity index (χ0n) is 26.3. The number of aromatic nitrogens is 4. The molecule has 5 rings (SSSR count). The molecule has 42 heavy (non-hydrogen) atoms. The van der Waals surface area contributed by atoms with E-state index in [1.165, 1.54) is 0 Å². The predicted molar refractivity (Wildman–Crippen MR) is 168 cm³/mol. The van der Waals surface area contributed by atoms with E-state index in [1.54, 1.807) is 18.0 Å². The molecule has 9 nitrogen and oxygen atoms in total. The first-order valence-electron chi connectivity index (χ1n) is 14.7. The van der Waals surface area contributed by atoms with Crippen LogP contribution in [0, 0.1) is 5.92 Å². The first-order valence-corrected chi connectivity index (χ1v) is 17.6. The first-order chi connectivity index (χ1) is 19.6. The van der Waals surface area contributed by atoms with Crippen molar-refractivity contribution in [2.24, 2.45) is 5.92 Å². The highest BCUT2D eigenvalue weighted by molar-refractivity contribution is 6.74. The lowest BCUT2D eigenvalue weighted by atomic mass is 10.1. The average Bonchev–Trinajstić information content (AvgIpc) is 3.60. The average molecular weight is 593 g/mol. The second-order valence-electron chi connectivity index (χ2n) is 13.9. The van der Waals surface area contributed by atoms with Gasteiger partial charge in [0, 0.05) is 35.5 Å². The van der Waals surface area contributed by atoms with Crippen LogP contribution in [-0.2, 0) is 9.16 Å². The number of benzene rings is 1. The number of fused-ring (bicyclic) bond motifs is 2. The van der Waals surface area contributed by atoms with E-state index in [4.69, 9.17) is 13.9 Å². The van der Waals surface area contributed by atoms with Crippen LogP contribution in [0.3, 0.4) is 0 Å². The number of aliphatic hydroxyl groups is 1. The molecule has 1 aliphatic rings. The van der Waals surface area contributed by atoms with Gasteiger partial charge in [-0.2, -0.15) is 0 Å². The first kappa shape index (κ1) is 30.3. The number of ether oxygens (including phenoxy) is 2. The van der Waals surface area contributed by atoms with Gasteiger partial charge in [0.2, 0.25) is 0 Å². The van der Waals surface area contributed by atoms with E-state index in [0.29, 0.717) is 22.7 Å². The van der Waals surface area contributed by atoms with Crippen molar-refractivity contribution < 1.29 is 23.8 Å². The lowest BCUT2D eigenvalue weighted by molar-refractivity contribution is 0.0547. The maximum absolute atomic E-state index is 13.6. The zero-order valence-corrected chi connectivity index (χ0v) is 27.3. The Labute approximate surface area is 248 Å². The summed E-state index contributed by atoms with van der Waals surface area (Å²) < 4.78 is 21.8. The number of carbonyl (C=O) groups excluding carboxylic acids is 1. The number of methoxy groups -OCH3 is 1. The van der Waals surface area contributed by atoms with Gasteiger partial charge in [-0.3, -0.25) is 0 Å². The summed E-state index contributed by atoms with van der Waals surface area (Å²) in [6, 6.07) is 9.68. The summed E-state index contributed by atoms with van der Waals surface area (Å²) in [5, 5.41) is 12.0. The van der Waals surface area contributed by atoms with Crippen LogP contribution in [0.25, 0.3) is 33.3 Å². The van der Waals surface area contributed by atoms with Gasteiger partial charge in [-0.25, -0.2) is 19.3 Å². The molecule has 3 aromatic heterocycles. The van der Waals surface area contributed by atoms with Gasteiger partial charge in [-0.05, 0) is 82.1 Å². The van der Waals surface area contributed by atoms with Crippen molar-refractivity contribution in [2.45, 2.75) is 90.3 Å². The molecule has 1 N–H and O–H groups in total. The summed E-state index contributed by atoms with van der Waals surface area (Å²) in [5.74, 6) is 0.760. The summed E-state index contributed by atoms with van der Waals surface area (Å²) in [6.45, 7) is 16.9. The van der Waals surface area contributed by atoms with Crippen molar-refractivity contribution in [2.75, 3.05) is 13.7 Å². The molecule has 0 unspecified atom stereocenters. The fraction of sp³-hybridized carbons (Fsp3) is 0.531. The highest BCUT2D eigenvalue weighted by Crippen LogP contribution is 2.44. The Kier molecular flexibility index (Phi) is 7.78. The van der Waals surface area contributed by atoms with Crippen molar-refractivity contribution in [1.29, 1.82) is 0 Å². The summed E-state index contributed by atoms with van der Waals surface area (Å²) in [5.41, 5.74) is 2.09. The minimum Gasteiger partial charge on any atom is -0.497 e. The van der Waals surface area contributed by atoms with E-state index < -0.39 is 20.0 Å². The van der Waals surface area contributed by atoms with Gasteiger partial charge in [0.25, 0.3) is 0 Å². The SMILES string of the molecule is COc1ccc2c(c1)cc(-c1ncnc3c1ccn3[C@@H]1C[C@@H](CO)[C@@H](O[Si](C)(C)C(C)(C)C)C1)n2C(=O)OC(C)(C)C. The van der Waals surface area contributed by atoms with Crippen LogP contribution >= 0.6 is 0 Å². The molecule has 0 spiro atoms. The maximum Gasteiger partial charge on any atom is 0.419 e. The number of hydrogen-bond donors (Lipinski definition) is 1. The fourth-order valence-corrected chi connectivity index (χ4v) is 7.04. The van der Waals surface area contributed by atoms with Crippen LogP contribution in [0.15, 0.2) is 42.9 Å². The number of rotatable bonds is 6. The summed E-state index contributed by atoms with van der Waals surface area (Å²) in [7, 11) is -0.387. The molecule has 226 valence electrons. The minimum atomic E-state index is -2.01. The number of hydrogen-bond acceptors (Lipinski definition) is 7. The molecule has 3 heterocycles. The Morgan fingerprint density at radius 1 is 1.07 bits per heavy atom. The molecule has 1 aliphatic carbocycles. The van der Waals surface area contributed by atoms with E-state index in [9.17, 15) is 9.90 Å². The van der Waals surface area contributed by atoms with Crippen molar-refractivity contribution in [3.8, 4) is 17.1 Å². The molecule has 1 fully saturated rings.